The summed E-state index contributed by atoms with van der Waals surface area (Å²) in [6.07, 6.45) is 3.78. The highest BCUT2D eigenvalue weighted by atomic mass is 16.5. The van der Waals surface area contributed by atoms with Crippen molar-refractivity contribution < 1.29 is 14.3 Å². The second-order valence-corrected chi connectivity index (χ2v) is 6.70. The number of fused-ring (bicyclic) bond motifs is 1. The van der Waals surface area contributed by atoms with E-state index in [0.29, 0.717) is 32.8 Å². The molecule has 1 atom stereocenters. The topological polar surface area (TPSA) is 59.8 Å². The van der Waals surface area contributed by atoms with Crippen LogP contribution in [0.4, 0.5) is 0 Å². The van der Waals surface area contributed by atoms with Gasteiger partial charge in [-0.25, -0.2) is 4.98 Å². The molecule has 138 valence electrons. The lowest BCUT2D eigenvalue weighted by atomic mass is 10.0. The van der Waals surface area contributed by atoms with E-state index in [4.69, 9.17) is 9.47 Å². The molecule has 4 rings (SSSR count). The third kappa shape index (κ3) is 3.45. The van der Waals surface area contributed by atoms with Gasteiger partial charge in [0.2, 0.25) is 5.91 Å². The van der Waals surface area contributed by atoms with Crippen LogP contribution < -0.4 is 4.74 Å². The summed E-state index contributed by atoms with van der Waals surface area (Å²) in [5, 5.41) is 0. The zero-order valence-corrected chi connectivity index (χ0v) is 15.0. The molecule has 1 saturated heterocycles. The number of imidazole rings is 1. The van der Waals surface area contributed by atoms with E-state index in [0.717, 1.165) is 30.2 Å². The molecule has 26 heavy (non-hydrogen) atoms. The Hall–Kier alpha value is -2.38. The lowest BCUT2D eigenvalue weighted by Crippen LogP contribution is -2.48. The van der Waals surface area contributed by atoms with E-state index in [9.17, 15) is 4.79 Å². The number of methoxy groups -OCH3 is 1. The van der Waals surface area contributed by atoms with Gasteiger partial charge in [-0.15, -0.1) is 0 Å². The molecule has 0 aliphatic carbocycles. The molecule has 2 aliphatic heterocycles. The summed E-state index contributed by atoms with van der Waals surface area (Å²) in [5.41, 5.74) is 1.08. The van der Waals surface area contributed by atoms with Gasteiger partial charge < -0.3 is 18.9 Å². The molecule has 1 amide bonds. The highest BCUT2D eigenvalue weighted by Crippen LogP contribution is 2.31. The molecule has 0 bridgehead atoms. The lowest BCUT2D eigenvalue weighted by molar-refractivity contribution is -0.138. The Bertz CT molecular complexity index is 770. The van der Waals surface area contributed by atoms with Crippen LogP contribution in [0.5, 0.6) is 5.75 Å². The van der Waals surface area contributed by atoms with Crippen LogP contribution in [0, 0.1) is 0 Å². The van der Waals surface area contributed by atoms with Crippen LogP contribution in [-0.2, 0) is 22.6 Å². The average Bonchev–Trinajstić information content (AvgIpc) is 3.15. The minimum Gasteiger partial charge on any atom is -0.497 e. The van der Waals surface area contributed by atoms with Crippen molar-refractivity contribution in [3.05, 3.63) is 48.0 Å². The maximum atomic E-state index is 13.1. The smallest absolute Gasteiger partial charge is 0.237 e. The van der Waals surface area contributed by atoms with Gasteiger partial charge in [-0.05, 0) is 17.7 Å². The molecule has 2 aromatic rings. The van der Waals surface area contributed by atoms with Crippen LogP contribution in [-0.4, -0.2) is 65.2 Å². The molecule has 0 unspecified atom stereocenters. The van der Waals surface area contributed by atoms with Crippen molar-refractivity contribution in [2.75, 3.05) is 40.0 Å². The monoisotopic (exact) mass is 356 g/mol. The van der Waals surface area contributed by atoms with Crippen LogP contribution in [0.1, 0.15) is 17.4 Å². The second kappa shape index (κ2) is 7.47. The molecule has 1 aromatic carbocycles. The van der Waals surface area contributed by atoms with Crippen molar-refractivity contribution in [1.82, 2.24) is 19.4 Å². The fourth-order valence-electron chi connectivity index (χ4n) is 3.64. The number of ether oxygens (including phenoxy) is 2. The minimum absolute atomic E-state index is 0.0275. The molecule has 3 heterocycles. The van der Waals surface area contributed by atoms with Gasteiger partial charge in [0.1, 0.15) is 11.6 Å². The SMILES string of the molecule is COc1cccc([C@@H]2Cn3ccnc3CN2C(=O)CN2CCOCC2)c1. The largest absolute Gasteiger partial charge is 0.497 e. The quantitative estimate of drug-likeness (QED) is 0.827. The molecule has 7 heteroatoms. The number of carbonyl (C=O) groups is 1. The fraction of sp³-hybridized carbons (Fsp3) is 0.474. The van der Waals surface area contributed by atoms with E-state index >= 15 is 0 Å². The van der Waals surface area contributed by atoms with Gasteiger partial charge in [0, 0.05) is 32.0 Å². The minimum atomic E-state index is -0.0275. The molecular weight excluding hydrogens is 332 g/mol. The first-order valence-corrected chi connectivity index (χ1v) is 8.98. The first-order chi connectivity index (χ1) is 12.7. The summed E-state index contributed by atoms with van der Waals surface area (Å²) in [5.74, 6) is 1.87. The third-order valence-corrected chi connectivity index (χ3v) is 5.12. The average molecular weight is 356 g/mol. The Morgan fingerprint density at radius 1 is 1.35 bits per heavy atom. The van der Waals surface area contributed by atoms with Gasteiger partial charge in [-0.3, -0.25) is 9.69 Å². The van der Waals surface area contributed by atoms with Crippen LogP contribution >= 0.6 is 0 Å². The van der Waals surface area contributed by atoms with E-state index in [1.165, 1.54) is 0 Å². The van der Waals surface area contributed by atoms with Crippen molar-refractivity contribution in [1.29, 1.82) is 0 Å². The van der Waals surface area contributed by atoms with Gasteiger partial charge in [0.15, 0.2) is 0 Å². The Balaban J connectivity index is 1.59. The number of nitrogens with zero attached hydrogens (tertiary/aromatic N) is 4. The number of aromatic nitrogens is 2. The molecule has 1 aromatic heterocycles. The Labute approximate surface area is 153 Å². The number of carbonyl (C=O) groups excluding carboxylic acids is 1. The molecule has 1 fully saturated rings. The Morgan fingerprint density at radius 3 is 3.00 bits per heavy atom. The zero-order chi connectivity index (χ0) is 17.9. The summed E-state index contributed by atoms with van der Waals surface area (Å²) < 4.78 is 12.9. The Kier molecular flexibility index (Phi) is 4.90. The van der Waals surface area contributed by atoms with Crippen molar-refractivity contribution in [2.45, 2.75) is 19.1 Å². The highest BCUT2D eigenvalue weighted by molar-refractivity contribution is 5.79. The van der Waals surface area contributed by atoms with Gasteiger partial charge in [0.25, 0.3) is 0 Å². The van der Waals surface area contributed by atoms with Gasteiger partial charge in [0.05, 0.1) is 39.5 Å². The van der Waals surface area contributed by atoms with Gasteiger partial charge in [-0.1, -0.05) is 12.1 Å². The molecule has 0 saturated carbocycles. The summed E-state index contributed by atoms with van der Waals surface area (Å²) in [7, 11) is 1.66. The van der Waals surface area contributed by atoms with Crippen molar-refractivity contribution in [3.63, 3.8) is 0 Å². The number of hydrogen-bond donors (Lipinski definition) is 0. The van der Waals surface area contributed by atoms with Crippen LogP contribution in [0.15, 0.2) is 36.7 Å². The number of rotatable bonds is 4. The third-order valence-electron chi connectivity index (χ3n) is 5.12. The van der Waals surface area contributed by atoms with Gasteiger partial charge >= 0.3 is 0 Å². The summed E-state index contributed by atoms with van der Waals surface area (Å²) >= 11 is 0. The normalized spacial score (nSPS) is 20.7. The van der Waals surface area contributed by atoms with E-state index < -0.39 is 0 Å². The van der Waals surface area contributed by atoms with E-state index in [1.54, 1.807) is 13.3 Å². The zero-order valence-electron chi connectivity index (χ0n) is 15.0. The van der Waals surface area contributed by atoms with Crippen molar-refractivity contribution in [2.24, 2.45) is 0 Å². The van der Waals surface area contributed by atoms with Crippen LogP contribution in [0.3, 0.4) is 0 Å². The molecule has 0 N–H and O–H groups in total. The second-order valence-electron chi connectivity index (χ2n) is 6.70. The predicted molar refractivity (Wildman–Crippen MR) is 95.8 cm³/mol. The molecular formula is C19H24N4O3. The van der Waals surface area contributed by atoms with E-state index in [1.807, 2.05) is 29.3 Å². The first-order valence-electron chi connectivity index (χ1n) is 8.98. The lowest BCUT2D eigenvalue weighted by Gasteiger charge is -2.38. The number of morpholine rings is 1. The molecule has 2 aliphatic rings. The number of benzene rings is 1. The highest BCUT2D eigenvalue weighted by Gasteiger charge is 2.32. The van der Waals surface area contributed by atoms with E-state index in [-0.39, 0.29) is 11.9 Å². The van der Waals surface area contributed by atoms with Crippen molar-refractivity contribution in [3.8, 4) is 5.75 Å². The summed E-state index contributed by atoms with van der Waals surface area (Å²) in [6, 6.07) is 7.95. The maximum Gasteiger partial charge on any atom is 0.237 e. The summed E-state index contributed by atoms with van der Waals surface area (Å²) in [4.78, 5) is 21.6. The predicted octanol–water partition coefficient (Wildman–Crippen LogP) is 1.31. The molecule has 7 nitrogen and oxygen atoms in total. The van der Waals surface area contributed by atoms with Crippen LogP contribution in [0.2, 0.25) is 0 Å². The van der Waals surface area contributed by atoms with Gasteiger partial charge in [-0.2, -0.15) is 0 Å². The molecule has 0 radical (unpaired) electrons. The van der Waals surface area contributed by atoms with E-state index in [2.05, 4.69) is 20.5 Å². The van der Waals surface area contributed by atoms with Crippen LogP contribution in [0.25, 0.3) is 0 Å². The molecule has 0 spiro atoms. The first kappa shape index (κ1) is 17.1. The fourth-order valence-corrected chi connectivity index (χ4v) is 3.64. The maximum absolute atomic E-state index is 13.1. The summed E-state index contributed by atoms with van der Waals surface area (Å²) in [6.45, 7) is 4.64. The number of hydrogen-bond acceptors (Lipinski definition) is 5. The standard InChI is InChI=1S/C19H24N4O3/c1-25-16-4-2-3-15(11-16)17-12-22-6-5-20-18(22)13-23(17)19(24)14-21-7-9-26-10-8-21/h2-6,11,17H,7-10,12-14H2,1H3/t17-/m0/s1. The Morgan fingerprint density at radius 2 is 2.19 bits per heavy atom. The van der Waals surface area contributed by atoms with Crippen molar-refractivity contribution >= 4 is 5.91 Å². The number of amides is 1.